The number of nitrogens with zero attached hydrogens (tertiary/aromatic N) is 3. The number of aromatic carboxylic acids is 1. The predicted octanol–water partition coefficient (Wildman–Crippen LogP) is 5.69. The van der Waals surface area contributed by atoms with E-state index < -0.39 is 11.8 Å². The minimum Gasteiger partial charge on any atom is -0.478 e. The van der Waals surface area contributed by atoms with Gasteiger partial charge >= 0.3 is 5.97 Å². The molecule has 1 saturated carbocycles. The van der Waals surface area contributed by atoms with Crippen molar-refractivity contribution in [3.63, 3.8) is 0 Å². The molecule has 0 unspecified atom stereocenters. The van der Waals surface area contributed by atoms with Crippen molar-refractivity contribution in [1.82, 2.24) is 4.98 Å². The van der Waals surface area contributed by atoms with Crippen LogP contribution in [0.2, 0.25) is 5.02 Å². The van der Waals surface area contributed by atoms with Crippen LogP contribution in [0.3, 0.4) is 0 Å². The topological polar surface area (TPSA) is 65.8 Å². The molecule has 2 aromatic carbocycles. The van der Waals surface area contributed by atoms with E-state index in [1.54, 1.807) is 0 Å². The zero-order valence-electron chi connectivity index (χ0n) is 15.3. The molecule has 0 spiro atoms. The van der Waals surface area contributed by atoms with Crippen molar-refractivity contribution in [2.24, 2.45) is 5.10 Å². The Morgan fingerprint density at radius 2 is 2.10 bits per heavy atom. The number of hydrogen-bond acceptors (Lipinski definition) is 5. The van der Waals surface area contributed by atoms with Gasteiger partial charge in [0.25, 0.3) is 0 Å². The summed E-state index contributed by atoms with van der Waals surface area (Å²) in [5.74, 6) is -1.80. The molecular formula is C21H17ClFN3O2S. The highest BCUT2D eigenvalue weighted by atomic mass is 35.5. The molecule has 8 heteroatoms. The Morgan fingerprint density at radius 1 is 1.31 bits per heavy atom. The third-order valence-electron chi connectivity index (χ3n) is 4.83. The maximum atomic E-state index is 13.4. The number of rotatable bonds is 6. The molecule has 1 aliphatic rings. The predicted molar refractivity (Wildman–Crippen MR) is 114 cm³/mol. The van der Waals surface area contributed by atoms with Crippen molar-refractivity contribution in [1.29, 1.82) is 0 Å². The van der Waals surface area contributed by atoms with Gasteiger partial charge < -0.3 is 5.11 Å². The van der Waals surface area contributed by atoms with Gasteiger partial charge in [-0.1, -0.05) is 29.8 Å². The summed E-state index contributed by atoms with van der Waals surface area (Å²) in [7, 11) is 0. The van der Waals surface area contributed by atoms with Gasteiger partial charge in [-0.15, -0.1) is 11.3 Å². The monoisotopic (exact) mass is 429 g/mol. The van der Waals surface area contributed by atoms with E-state index in [2.05, 4.69) is 5.10 Å². The van der Waals surface area contributed by atoms with Crippen LogP contribution in [-0.2, 0) is 0 Å². The second-order valence-electron chi connectivity index (χ2n) is 6.71. The van der Waals surface area contributed by atoms with Crippen LogP contribution in [0.1, 0.15) is 35.2 Å². The summed E-state index contributed by atoms with van der Waals surface area (Å²) >= 11 is 7.74. The van der Waals surface area contributed by atoms with Crippen LogP contribution in [0.15, 0.2) is 52.9 Å². The number of halogens is 2. The van der Waals surface area contributed by atoms with Crippen LogP contribution in [0.25, 0.3) is 11.3 Å². The molecule has 1 N–H and O–H groups in total. The van der Waals surface area contributed by atoms with Gasteiger partial charge in [-0.2, -0.15) is 5.10 Å². The summed E-state index contributed by atoms with van der Waals surface area (Å²) in [5.41, 5.74) is 1.83. The summed E-state index contributed by atoms with van der Waals surface area (Å²) in [6.07, 6.45) is 4.52. The fourth-order valence-electron chi connectivity index (χ4n) is 3.04. The van der Waals surface area contributed by atoms with Gasteiger partial charge in [0.15, 0.2) is 0 Å². The Balaban J connectivity index is 1.66. The van der Waals surface area contributed by atoms with E-state index in [9.17, 15) is 14.3 Å². The maximum absolute atomic E-state index is 13.4. The molecule has 29 heavy (non-hydrogen) atoms. The molecule has 1 heterocycles. The van der Waals surface area contributed by atoms with Crippen molar-refractivity contribution in [3.05, 3.63) is 69.8 Å². The minimum atomic E-state index is -1.20. The van der Waals surface area contributed by atoms with Crippen molar-refractivity contribution < 1.29 is 14.3 Å². The van der Waals surface area contributed by atoms with Gasteiger partial charge in [-0.3, -0.25) is 0 Å². The first-order valence-corrected chi connectivity index (χ1v) is 10.3. The molecule has 0 aliphatic heterocycles. The van der Waals surface area contributed by atoms with E-state index >= 15 is 0 Å². The van der Waals surface area contributed by atoms with Gasteiger partial charge in [0.1, 0.15) is 5.82 Å². The normalized spacial score (nSPS) is 14.1. The average molecular weight is 430 g/mol. The van der Waals surface area contributed by atoms with Crippen LogP contribution in [0.4, 0.5) is 9.52 Å². The lowest BCUT2D eigenvalue weighted by atomic mass is 9.93. The third-order valence-corrected chi connectivity index (χ3v) is 5.99. The molecule has 3 aromatic rings. The zero-order chi connectivity index (χ0) is 20.4. The fraction of sp³-hybridized carbons (Fsp3) is 0.190. The molecule has 0 radical (unpaired) electrons. The van der Waals surface area contributed by atoms with E-state index in [1.165, 1.54) is 29.7 Å². The largest absolute Gasteiger partial charge is 0.478 e. The first kappa shape index (κ1) is 19.5. The summed E-state index contributed by atoms with van der Waals surface area (Å²) in [6.45, 7) is 0. The first-order valence-electron chi connectivity index (χ1n) is 9.09. The second-order valence-corrected chi connectivity index (χ2v) is 7.95. The molecule has 0 amide bonds. The van der Waals surface area contributed by atoms with Crippen molar-refractivity contribution in [2.45, 2.75) is 25.3 Å². The average Bonchev–Trinajstić information content (AvgIpc) is 3.14. The number of thiazole rings is 1. The number of aromatic nitrogens is 1. The molecule has 1 fully saturated rings. The smallest absolute Gasteiger partial charge is 0.336 e. The number of carboxylic acid groups (broad SMARTS) is 1. The van der Waals surface area contributed by atoms with E-state index in [0.29, 0.717) is 15.7 Å². The Labute approximate surface area is 176 Å². The van der Waals surface area contributed by atoms with E-state index in [1.807, 2.05) is 34.7 Å². The molecule has 4 rings (SSSR count). The highest BCUT2D eigenvalue weighted by Crippen LogP contribution is 2.36. The van der Waals surface area contributed by atoms with Crippen molar-refractivity contribution >= 4 is 40.3 Å². The summed E-state index contributed by atoms with van der Waals surface area (Å²) in [5, 5.41) is 18.9. The summed E-state index contributed by atoms with van der Waals surface area (Å²) in [6, 6.07) is 11.3. The van der Waals surface area contributed by atoms with Gasteiger partial charge in [-0.05, 0) is 43.5 Å². The minimum absolute atomic E-state index is 0.127. The molecule has 1 aliphatic carbocycles. The van der Waals surface area contributed by atoms with Crippen LogP contribution in [-0.4, -0.2) is 28.3 Å². The molecule has 0 bridgehead atoms. The standard InChI is InChI=1S/C21H17ClFN3O2S/c22-18-7-2-1-6-16(18)19-12-29-21(25-19)26(15-4-3-5-15)24-11-13-8-9-14(23)10-17(13)20(27)28/h1-2,6-12,15H,3-5H2,(H,27,28)/b24-11+. The Kier molecular flexibility index (Phi) is 5.60. The lowest BCUT2D eigenvalue weighted by Gasteiger charge is -2.33. The third kappa shape index (κ3) is 4.16. The summed E-state index contributed by atoms with van der Waals surface area (Å²) < 4.78 is 13.4. The fourth-order valence-corrected chi connectivity index (χ4v) is 4.13. The quantitative estimate of drug-likeness (QED) is 0.403. The lowest BCUT2D eigenvalue weighted by Crippen LogP contribution is -2.36. The van der Waals surface area contributed by atoms with Crippen LogP contribution >= 0.6 is 22.9 Å². The van der Waals surface area contributed by atoms with Gasteiger partial charge in [0, 0.05) is 21.5 Å². The molecular weight excluding hydrogens is 413 g/mol. The van der Waals surface area contributed by atoms with Crippen LogP contribution in [0, 0.1) is 5.82 Å². The number of hydrogen-bond donors (Lipinski definition) is 1. The Morgan fingerprint density at radius 3 is 2.79 bits per heavy atom. The Bertz CT molecular complexity index is 1080. The van der Waals surface area contributed by atoms with E-state index in [4.69, 9.17) is 16.6 Å². The SMILES string of the molecule is O=C(O)c1cc(F)ccc1/C=N/N(c1nc(-c2ccccc2Cl)cs1)C1CCC1. The lowest BCUT2D eigenvalue weighted by molar-refractivity contribution is 0.0696. The van der Waals surface area contributed by atoms with Crippen molar-refractivity contribution in [3.8, 4) is 11.3 Å². The number of carbonyl (C=O) groups is 1. The maximum Gasteiger partial charge on any atom is 0.336 e. The summed E-state index contributed by atoms with van der Waals surface area (Å²) in [4.78, 5) is 16.1. The number of hydrazone groups is 1. The zero-order valence-corrected chi connectivity index (χ0v) is 16.8. The van der Waals surface area contributed by atoms with Gasteiger partial charge in [0.05, 0.1) is 23.5 Å². The molecule has 1 aromatic heterocycles. The van der Waals surface area contributed by atoms with Gasteiger partial charge in [0.2, 0.25) is 5.13 Å². The number of benzene rings is 2. The number of anilines is 1. The molecule has 5 nitrogen and oxygen atoms in total. The van der Waals surface area contributed by atoms with E-state index in [-0.39, 0.29) is 11.6 Å². The van der Waals surface area contributed by atoms with Gasteiger partial charge in [-0.25, -0.2) is 19.2 Å². The van der Waals surface area contributed by atoms with Crippen LogP contribution in [0.5, 0.6) is 0 Å². The molecule has 148 valence electrons. The van der Waals surface area contributed by atoms with E-state index in [0.717, 1.165) is 36.6 Å². The second kappa shape index (κ2) is 8.31. The highest BCUT2D eigenvalue weighted by Gasteiger charge is 2.27. The molecule has 0 saturated heterocycles. The van der Waals surface area contributed by atoms with Crippen LogP contribution < -0.4 is 5.01 Å². The Hall–Kier alpha value is -2.77. The number of carboxylic acids is 1. The van der Waals surface area contributed by atoms with Crippen molar-refractivity contribution in [2.75, 3.05) is 5.01 Å². The highest BCUT2D eigenvalue weighted by molar-refractivity contribution is 7.14. The molecule has 0 atom stereocenters. The first-order chi connectivity index (χ1) is 14.0.